The molecule has 2 aliphatic heterocycles. The lowest BCUT2D eigenvalue weighted by atomic mass is 9.76. The van der Waals surface area contributed by atoms with Crippen molar-refractivity contribution in [3.8, 4) is 5.75 Å². The third kappa shape index (κ3) is 11.0. The van der Waals surface area contributed by atoms with Gasteiger partial charge in [-0.15, -0.1) is 0 Å². The molecule has 0 saturated carbocycles. The van der Waals surface area contributed by atoms with Crippen molar-refractivity contribution in [1.29, 1.82) is 0 Å². The van der Waals surface area contributed by atoms with Crippen LogP contribution >= 0.6 is 11.8 Å². The molecule has 0 aromatic heterocycles. The highest BCUT2D eigenvalue weighted by atomic mass is 32.2. The second-order valence-electron chi connectivity index (χ2n) is 9.33. The van der Waals surface area contributed by atoms with E-state index in [-0.39, 0.29) is 29.5 Å². The van der Waals surface area contributed by atoms with Crippen LogP contribution in [0, 0.1) is 29.4 Å². The van der Waals surface area contributed by atoms with Gasteiger partial charge in [-0.05, 0) is 42.6 Å². The summed E-state index contributed by atoms with van der Waals surface area (Å²) in [6.45, 7) is 13.3. The fraction of sp³-hybridized carbons (Fsp3) is 0.667. The monoisotopic (exact) mass is 606 g/mol. The summed E-state index contributed by atoms with van der Waals surface area (Å²) in [5.74, 6) is 2.80. The summed E-state index contributed by atoms with van der Waals surface area (Å²) in [5.41, 5.74) is 0.383. The van der Waals surface area contributed by atoms with Crippen LogP contribution in [0.1, 0.15) is 65.9 Å². The molecule has 2 heterocycles. The van der Waals surface area contributed by atoms with E-state index < -0.39 is 27.4 Å². The first-order valence-corrected chi connectivity index (χ1v) is 18.5. The summed E-state index contributed by atoms with van der Waals surface area (Å²) >= 11 is 1.76. The van der Waals surface area contributed by atoms with E-state index in [1.807, 2.05) is 33.8 Å². The van der Waals surface area contributed by atoms with Gasteiger partial charge >= 0.3 is 0 Å². The Morgan fingerprint density at radius 3 is 2.28 bits per heavy atom. The van der Waals surface area contributed by atoms with Gasteiger partial charge in [0.05, 0.1) is 12.7 Å². The van der Waals surface area contributed by atoms with Crippen molar-refractivity contribution in [3.63, 3.8) is 0 Å². The molecule has 4 rings (SSSR count). The van der Waals surface area contributed by atoms with Crippen molar-refractivity contribution >= 4 is 33.4 Å². The van der Waals surface area contributed by atoms with Gasteiger partial charge in [0.1, 0.15) is 5.82 Å². The van der Waals surface area contributed by atoms with Gasteiger partial charge in [0, 0.05) is 74.5 Å². The lowest BCUT2D eigenvalue weighted by Crippen LogP contribution is -2.42. The first-order valence-electron chi connectivity index (χ1n) is 14.0. The quantitative estimate of drug-likeness (QED) is 0.301. The van der Waals surface area contributed by atoms with E-state index in [4.69, 9.17) is 9.47 Å². The zero-order valence-corrected chi connectivity index (χ0v) is 27.3. The van der Waals surface area contributed by atoms with Crippen LogP contribution < -0.4 is 4.74 Å². The summed E-state index contributed by atoms with van der Waals surface area (Å²) in [5, 5.41) is 0. The summed E-state index contributed by atoms with van der Waals surface area (Å²) < 4.78 is 61.7. The van der Waals surface area contributed by atoms with Crippen LogP contribution in [0.25, 0.3) is 0 Å². The van der Waals surface area contributed by atoms with Crippen LogP contribution in [0.3, 0.4) is 0 Å². The minimum Gasteiger partial charge on any atom is -0.490 e. The molecular formula is C30H48F2O4S3. The van der Waals surface area contributed by atoms with Crippen molar-refractivity contribution in [3.05, 3.63) is 52.5 Å². The Morgan fingerprint density at radius 2 is 1.67 bits per heavy atom. The fourth-order valence-electron chi connectivity index (χ4n) is 4.60. The van der Waals surface area contributed by atoms with Crippen molar-refractivity contribution < 1.29 is 26.7 Å². The molecule has 0 N–H and O–H groups in total. The summed E-state index contributed by atoms with van der Waals surface area (Å²) in [4.78, 5) is 0.968. The third-order valence-electron chi connectivity index (χ3n) is 6.86. The fourth-order valence-corrected chi connectivity index (χ4v) is 7.29. The van der Waals surface area contributed by atoms with Crippen molar-refractivity contribution in [1.82, 2.24) is 0 Å². The Balaban J connectivity index is 0.000000425. The molecule has 1 saturated heterocycles. The smallest absolute Gasteiger partial charge is 0.165 e. The number of ether oxygens (including phenoxy) is 2. The lowest BCUT2D eigenvalue weighted by molar-refractivity contribution is -0.0612. The molecule has 3 aliphatic rings. The Kier molecular flexibility index (Phi) is 17.7. The van der Waals surface area contributed by atoms with Crippen LogP contribution in [0.4, 0.5) is 8.78 Å². The van der Waals surface area contributed by atoms with Gasteiger partial charge in [0.15, 0.2) is 11.6 Å². The average molecular weight is 607 g/mol. The van der Waals surface area contributed by atoms with E-state index in [2.05, 4.69) is 26.0 Å². The van der Waals surface area contributed by atoms with Gasteiger partial charge < -0.3 is 9.47 Å². The minimum absolute atomic E-state index is 0.000749. The van der Waals surface area contributed by atoms with E-state index in [1.54, 1.807) is 24.3 Å². The average Bonchev–Trinajstić information content (AvgIpc) is 2.94. The molecule has 4 nitrogen and oxygen atoms in total. The highest BCUT2D eigenvalue weighted by Gasteiger charge is 2.42. The van der Waals surface area contributed by atoms with E-state index in [0.29, 0.717) is 42.8 Å². The molecule has 0 radical (unpaired) electrons. The molecular weight excluding hydrogens is 559 g/mol. The van der Waals surface area contributed by atoms with Crippen molar-refractivity contribution in [2.24, 2.45) is 17.8 Å². The number of allylic oxidation sites excluding steroid dienone is 3. The molecule has 1 aromatic carbocycles. The van der Waals surface area contributed by atoms with Gasteiger partial charge in [-0.2, -0.15) is 11.8 Å². The highest BCUT2D eigenvalue weighted by Crippen LogP contribution is 2.46. The number of hydrogen-bond acceptors (Lipinski definition) is 5. The molecule has 224 valence electrons. The van der Waals surface area contributed by atoms with Crippen molar-refractivity contribution in [2.45, 2.75) is 66.4 Å². The molecule has 1 fully saturated rings. The third-order valence-corrected chi connectivity index (χ3v) is 9.85. The maximum Gasteiger partial charge on any atom is 0.165 e. The van der Waals surface area contributed by atoms with E-state index in [1.165, 1.54) is 6.07 Å². The molecule has 7 atom stereocenters. The summed E-state index contributed by atoms with van der Waals surface area (Å²) in [7, 11) is -1.57. The van der Waals surface area contributed by atoms with Crippen molar-refractivity contribution in [2.75, 3.05) is 43.0 Å². The summed E-state index contributed by atoms with van der Waals surface area (Å²) in [6.07, 6.45) is 11.2. The first-order chi connectivity index (χ1) is 18.7. The Bertz CT molecular complexity index is 983. The van der Waals surface area contributed by atoms with E-state index in [0.717, 1.165) is 28.9 Å². The summed E-state index contributed by atoms with van der Waals surface area (Å²) in [6, 6.07) is 2.31. The molecule has 0 spiro atoms. The number of halogens is 2. The largest absolute Gasteiger partial charge is 0.490 e. The molecule has 0 amide bonds. The lowest BCUT2D eigenvalue weighted by Gasteiger charge is -2.42. The molecule has 9 heteroatoms. The normalized spacial score (nSPS) is 26.3. The number of rotatable bonds is 7. The maximum absolute atomic E-state index is 14.3. The Labute approximate surface area is 244 Å². The van der Waals surface area contributed by atoms with Crippen LogP contribution in [-0.4, -0.2) is 57.5 Å². The number of thioether (sulfide) groups is 1. The zero-order chi connectivity index (χ0) is 29.5. The molecule has 39 heavy (non-hydrogen) atoms. The topological polar surface area (TPSA) is 52.6 Å². The van der Waals surface area contributed by atoms with Crippen LogP contribution in [0.5, 0.6) is 5.75 Å². The van der Waals surface area contributed by atoms with E-state index in [9.17, 15) is 17.2 Å². The number of hydrogen-bond donors (Lipinski definition) is 0. The van der Waals surface area contributed by atoms with Gasteiger partial charge in [0.2, 0.25) is 0 Å². The van der Waals surface area contributed by atoms with Gasteiger partial charge in [-0.3, -0.25) is 8.42 Å². The van der Waals surface area contributed by atoms with E-state index >= 15 is 0 Å². The van der Waals surface area contributed by atoms with Gasteiger partial charge in [-0.1, -0.05) is 59.8 Å². The molecule has 5 unspecified atom stereocenters. The van der Waals surface area contributed by atoms with Crippen LogP contribution in [-0.2, 0) is 26.3 Å². The zero-order valence-electron chi connectivity index (χ0n) is 24.8. The van der Waals surface area contributed by atoms with Gasteiger partial charge in [0.25, 0.3) is 0 Å². The number of fused-ring (bicyclic) bond motifs is 3. The van der Waals surface area contributed by atoms with Crippen LogP contribution in [0.2, 0.25) is 0 Å². The SMILES string of the molecule is CC.CC.CC1C=CC([S@@](C)=O)=CC1C.CS(=O)CCSCC[C@@H]1OCCC2c3c(F)ccc(F)c3OCC21. The Morgan fingerprint density at radius 1 is 1.00 bits per heavy atom. The standard InChI is InChI=1S/C17H22F2O3S2.C9H14OS.2C2H6/c1-24(20)9-8-23-7-5-15-12-10-22-17-14(19)3-2-13(18)16(17)11(12)4-6-21-15;1-7-4-5-9(11(3)10)6-8(7)2;2*1-2/h2-3,11-12,15H,4-10H2,1H3;4-8H,1-3H3;2*1-2H3/t11?,12?,15-,24?;7?,8?,11-;;/m01../s1. The maximum atomic E-state index is 14.3. The molecule has 0 bridgehead atoms. The molecule has 1 aromatic rings. The Hall–Kier alpha value is -1.03. The predicted octanol–water partition coefficient (Wildman–Crippen LogP) is 7.49. The predicted molar refractivity (Wildman–Crippen MR) is 166 cm³/mol. The van der Waals surface area contributed by atoms with Gasteiger partial charge in [-0.25, -0.2) is 8.78 Å². The second kappa shape index (κ2) is 19.2. The second-order valence-corrected chi connectivity index (χ2v) is 13.5. The van der Waals surface area contributed by atoms with Crippen LogP contribution in [0.15, 0.2) is 35.3 Å². The first kappa shape index (κ1) is 36.0. The molecule has 1 aliphatic carbocycles. The minimum atomic E-state index is -0.813. The highest BCUT2D eigenvalue weighted by molar-refractivity contribution is 8.00. The number of benzene rings is 1.